The molecule has 1 aromatic rings. The smallest absolute Gasteiger partial charge is 0.360 e. The number of methoxy groups -OCH3 is 1. The van der Waals surface area contributed by atoms with Crippen LogP contribution >= 0.6 is 0 Å². The fourth-order valence-corrected chi connectivity index (χ4v) is 2.90. The van der Waals surface area contributed by atoms with Crippen LogP contribution in [-0.2, 0) is 17.7 Å². The number of ether oxygens (including phenoxy) is 1. The van der Waals surface area contributed by atoms with Crippen molar-refractivity contribution < 1.29 is 9.53 Å². The second-order valence-electron chi connectivity index (χ2n) is 5.37. The summed E-state index contributed by atoms with van der Waals surface area (Å²) in [6.07, 6.45) is 5.63. The third kappa shape index (κ3) is 3.17. The molecule has 112 valence electrons. The molecule has 0 N–H and O–H groups in total. The molecule has 20 heavy (non-hydrogen) atoms. The van der Waals surface area contributed by atoms with Gasteiger partial charge in [-0.15, -0.1) is 5.10 Å². The van der Waals surface area contributed by atoms with Gasteiger partial charge in [0.15, 0.2) is 5.69 Å². The number of carbonyl (C=O) groups excluding carboxylic acids is 1. The first-order valence-electron chi connectivity index (χ1n) is 7.38. The van der Waals surface area contributed by atoms with E-state index >= 15 is 0 Å². The summed E-state index contributed by atoms with van der Waals surface area (Å²) in [5, 5.41) is 8.08. The van der Waals surface area contributed by atoms with E-state index in [4.69, 9.17) is 4.74 Å². The largest absolute Gasteiger partial charge is 0.464 e. The molecule has 1 atom stereocenters. The van der Waals surface area contributed by atoms with E-state index in [1.54, 1.807) is 0 Å². The molecule has 2 heterocycles. The monoisotopic (exact) mass is 280 g/mol. The molecule has 6 nitrogen and oxygen atoms in total. The summed E-state index contributed by atoms with van der Waals surface area (Å²) in [6, 6.07) is 0.610. The minimum absolute atomic E-state index is 0.354. The van der Waals surface area contributed by atoms with Crippen LogP contribution in [0.1, 0.15) is 48.8 Å². The van der Waals surface area contributed by atoms with Crippen LogP contribution in [0.2, 0.25) is 0 Å². The van der Waals surface area contributed by atoms with Crippen LogP contribution in [-0.4, -0.2) is 52.6 Å². The van der Waals surface area contributed by atoms with Gasteiger partial charge in [0.2, 0.25) is 0 Å². The number of likely N-dealkylation sites (tertiary alicyclic amines) is 1. The summed E-state index contributed by atoms with van der Waals surface area (Å²) >= 11 is 0. The highest BCUT2D eigenvalue weighted by molar-refractivity contribution is 5.88. The van der Waals surface area contributed by atoms with Crippen molar-refractivity contribution >= 4 is 5.97 Å². The van der Waals surface area contributed by atoms with E-state index in [2.05, 4.69) is 22.3 Å². The van der Waals surface area contributed by atoms with Crippen LogP contribution in [0.15, 0.2) is 0 Å². The summed E-state index contributed by atoms with van der Waals surface area (Å²) in [5.41, 5.74) is 1.22. The van der Waals surface area contributed by atoms with E-state index in [0.717, 1.165) is 25.1 Å². The first-order chi connectivity index (χ1) is 9.67. The maximum absolute atomic E-state index is 11.6. The van der Waals surface area contributed by atoms with Crippen molar-refractivity contribution in [1.82, 2.24) is 19.9 Å². The first-order valence-corrected chi connectivity index (χ1v) is 7.38. The van der Waals surface area contributed by atoms with E-state index in [-0.39, 0.29) is 0 Å². The average Bonchev–Trinajstić information content (AvgIpc) is 2.88. The highest BCUT2D eigenvalue weighted by Gasteiger charge is 2.22. The molecule has 0 aliphatic carbocycles. The van der Waals surface area contributed by atoms with E-state index in [1.165, 1.54) is 32.9 Å². The fourth-order valence-electron chi connectivity index (χ4n) is 2.90. The number of carbonyl (C=O) groups is 1. The Labute approximate surface area is 120 Å². The Balaban J connectivity index is 2.02. The molecule has 0 saturated carbocycles. The van der Waals surface area contributed by atoms with Gasteiger partial charge in [-0.3, -0.25) is 0 Å². The number of nitrogens with zero attached hydrogens (tertiary/aromatic N) is 4. The Morgan fingerprint density at radius 3 is 2.90 bits per heavy atom. The van der Waals surface area contributed by atoms with Crippen molar-refractivity contribution in [2.24, 2.45) is 0 Å². The molecule has 0 bridgehead atoms. The average molecular weight is 280 g/mol. The van der Waals surface area contributed by atoms with Crippen molar-refractivity contribution in [2.75, 3.05) is 20.7 Å². The van der Waals surface area contributed by atoms with Crippen molar-refractivity contribution in [1.29, 1.82) is 0 Å². The molecule has 0 spiro atoms. The Morgan fingerprint density at radius 1 is 1.45 bits per heavy atom. The lowest BCUT2D eigenvalue weighted by Gasteiger charge is -2.32. The predicted octanol–water partition coefficient (Wildman–Crippen LogP) is 1.50. The lowest BCUT2D eigenvalue weighted by Crippen LogP contribution is -2.37. The van der Waals surface area contributed by atoms with Gasteiger partial charge >= 0.3 is 5.97 Å². The van der Waals surface area contributed by atoms with Gasteiger partial charge in [0.1, 0.15) is 0 Å². The van der Waals surface area contributed by atoms with Gasteiger partial charge < -0.3 is 9.64 Å². The summed E-state index contributed by atoms with van der Waals surface area (Å²) in [6.45, 7) is 3.99. The summed E-state index contributed by atoms with van der Waals surface area (Å²) in [4.78, 5) is 14.0. The highest BCUT2D eigenvalue weighted by atomic mass is 16.5. The topological polar surface area (TPSA) is 60.2 Å². The number of hydrogen-bond donors (Lipinski definition) is 0. The number of esters is 1. The molecular formula is C14H24N4O2. The number of aryl methyl sites for hydroxylation is 1. The molecule has 1 saturated heterocycles. The summed E-state index contributed by atoms with van der Waals surface area (Å²) in [7, 11) is 3.56. The molecular weight excluding hydrogens is 256 g/mol. The zero-order chi connectivity index (χ0) is 14.5. The van der Waals surface area contributed by atoms with Crippen LogP contribution in [0.3, 0.4) is 0 Å². The highest BCUT2D eigenvalue weighted by Crippen LogP contribution is 2.19. The van der Waals surface area contributed by atoms with Crippen LogP contribution < -0.4 is 0 Å². The van der Waals surface area contributed by atoms with Crippen LogP contribution in [0.25, 0.3) is 0 Å². The van der Waals surface area contributed by atoms with E-state index in [9.17, 15) is 4.79 Å². The number of piperidine rings is 1. The predicted molar refractivity (Wildman–Crippen MR) is 75.6 cm³/mol. The first kappa shape index (κ1) is 15.0. The van der Waals surface area contributed by atoms with Crippen molar-refractivity contribution in [3.63, 3.8) is 0 Å². The van der Waals surface area contributed by atoms with Gasteiger partial charge in [0.05, 0.1) is 12.8 Å². The minimum Gasteiger partial charge on any atom is -0.464 e. The number of hydrogen-bond acceptors (Lipinski definition) is 5. The third-order valence-electron chi connectivity index (χ3n) is 4.15. The number of aromatic nitrogens is 3. The van der Waals surface area contributed by atoms with Crippen LogP contribution in [0.4, 0.5) is 0 Å². The molecule has 1 fully saturated rings. The van der Waals surface area contributed by atoms with Crippen molar-refractivity contribution in [3.8, 4) is 0 Å². The Hall–Kier alpha value is -1.43. The zero-order valence-electron chi connectivity index (χ0n) is 12.6. The quantitative estimate of drug-likeness (QED) is 0.765. The van der Waals surface area contributed by atoms with Crippen LogP contribution in [0.5, 0.6) is 0 Å². The molecule has 0 radical (unpaired) electrons. The molecule has 0 aromatic carbocycles. The molecule has 6 heteroatoms. The molecule has 1 aliphatic heterocycles. The van der Waals surface area contributed by atoms with Crippen molar-refractivity contribution in [2.45, 2.75) is 51.6 Å². The lowest BCUT2D eigenvalue weighted by molar-refractivity contribution is 0.0592. The second kappa shape index (κ2) is 6.83. The van der Waals surface area contributed by atoms with Gasteiger partial charge in [-0.25, -0.2) is 9.48 Å². The van der Waals surface area contributed by atoms with Crippen LogP contribution in [0, 0.1) is 0 Å². The van der Waals surface area contributed by atoms with Gasteiger partial charge in [-0.1, -0.05) is 18.6 Å². The standard InChI is InChI=1S/C14H24N4O2/c1-4-12-13(14(19)20-3)15-16-18(12)10-8-11-7-5-6-9-17(11)2/h11H,4-10H2,1-3H3. The molecule has 0 amide bonds. The Morgan fingerprint density at radius 2 is 2.25 bits per heavy atom. The van der Waals surface area contributed by atoms with E-state index in [1.807, 2.05) is 11.6 Å². The normalized spacial score (nSPS) is 20.1. The van der Waals surface area contributed by atoms with Gasteiger partial charge in [-0.2, -0.15) is 0 Å². The molecule has 2 rings (SSSR count). The van der Waals surface area contributed by atoms with Gasteiger partial charge in [-0.05, 0) is 39.3 Å². The SMILES string of the molecule is CCc1c(C(=O)OC)nnn1CCC1CCCCN1C. The summed E-state index contributed by atoms with van der Waals surface area (Å²) in [5.74, 6) is -0.400. The maximum Gasteiger partial charge on any atom is 0.360 e. The fraction of sp³-hybridized carbons (Fsp3) is 0.786. The lowest BCUT2D eigenvalue weighted by atomic mass is 10.0. The Bertz CT molecular complexity index is 458. The minimum atomic E-state index is -0.400. The number of rotatable bonds is 5. The maximum atomic E-state index is 11.6. The zero-order valence-corrected chi connectivity index (χ0v) is 12.6. The molecule has 1 unspecified atom stereocenters. The summed E-state index contributed by atoms with van der Waals surface area (Å²) < 4.78 is 6.60. The van der Waals surface area contributed by atoms with E-state index in [0.29, 0.717) is 11.7 Å². The van der Waals surface area contributed by atoms with Gasteiger partial charge in [0.25, 0.3) is 0 Å². The molecule has 1 aromatic heterocycles. The Kier molecular flexibility index (Phi) is 5.11. The molecule has 1 aliphatic rings. The van der Waals surface area contributed by atoms with Gasteiger partial charge in [0, 0.05) is 12.6 Å². The van der Waals surface area contributed by atoms with Crippen molar-refractivity contribution in [3.05, 3.63) is 11.4 Å². The van der Waals surface area contributed by atoms with E-state index < -0.39 is 5.97 Å². The second-order valence-corrected chi connectivity index (χ2v) is 5.37. The third-order valence-corrected chi connectivity index (χ3v) is 4.15.